The van der Waals surface area contributed by atoms with Gasteiger partial charge in [0.25, 0.3) is 0 Å². The molecule has 1 N–H and O–H groups in total. The molecule has 0 radical (unpaired) electrons. The van der Waals surface area contributed by atoms with Crippen LogP contribution < -0.4 is 9.47 Å². The number of hydrogen-bond acceptors (Lipinski definition) is 5. The van der Waals surface area contributed by atoms with Crippen molar-refractivity contribution in [2.45, 2.75) is 5.60 Å². The van der Waals surface area contributed by atoms with E-state index in [4.69, 9.17) is 14.2 Å². The Bertz CT molecular complexity index is 618. The van der Waals surface area contributed by atoms with E-state index in [0.717, 1.165) is 0 Å². The lowest BCUT2D eigenvalue weighted by Gasteiger charge is -2.26. The molecule has 2 aromatic carbocycles. The van der Waals surface area contributed by atoms with Gasteiger partial charge < -0.3 is 19.3 Å². The molecule has 2 aromatic rings. The lowest BCUT2D eigenvalue weighted by Crippen LogP contribution is -2.38. The second-order valence-corrected chi connectivity index (χ2v) is 4.67. The number of hydrogen-bond donors (Lipinski definition) is 1. The quantitative estimate of drug-likeness (QED) is 0.857. The zero-order valence-electron chi connectivity index (χ0n) is 12.7. The first-order valence-corrected chi connectivity index (χ1v) is 6.66. The number of aliphatic hydroxyl groups is 1. The summed E-state index contributed by atoms with van der Waals surface area (Å²) in [5.41, 5.74) is -1.24. The average Bonchev–Trinajstić information content (AvgIpc) is 2.60. The number of ether oxygens (including phenoxy) is 3. The first-order chi connectivity index (χ1) is 10.6. The van der Waals surface area contributed by atoms with Gasteiger partial charge in [-0.15, -0.1) is 0 Å². The summed E-state index contributed by atoms with van der Waals surface area (Å²) in [7, 11) is 4.26. The van der Waals surface area contributed by atoms with Crippen LogP contribution in [0, 0.1) is 0 Å². The van der Waals surface area contributed by atoms with Crippen molar-refractivity contribution in [2.75, 3.05) is 21.3 Å². The van der Waals surface area contributed by atoms with Crippen LogP contribution in [0.1, 0.15) is 11.1 Å². The smallest absolute Gasteiger partial charge is 0.347 e. The largest absolute Gasteiger partial charge is 0.497 e. The third-order valence-corrected chi connectivity index (χ3v) is 3.46. The first kappa shape index (κ1) is 15.9. The maximum Gasteiger partial charge on any atom is 0.347 e. The maximum absolute atomic E-state index is 12.3. The summed E-state index contributed by atoms with van der Waals surface area (Å²) in [6, 6.07) is 13.3. The van der Waals surface area contributed by atoms with E-state index in [2.05, 4.69) is 0 Å². The number of methoxy groups -OCH3 is 3. The number of rotatable bonds is 5. The van der Waals surface area contributed by atoms with Gasteiger partial charge in [0.15, 0.2) is 0 Å². The Balaban J connectivity index is 2.63. The van der Waals surface area contributed by atoms with Crippen LogP contribution in [-0.4, -0.2) is 32.4 Å². The first-order valence-electron chi connectivity index (χ1n) is 6.66. The van der Waals surface area contributed by atoms with Crippen LogP contribution >= 0.6 is 0 Å². The van der Waals surface area contributed by atoms with Crippen molar-refractivity contribution in [3.8, 4) is 11.5 Å². The minimum absolute atomic E-state index is 0.354. The number of carbonyl (C=O) groups excluding carboxylic acids is 1. The molecule has 0 aliphatic carbocycles. The topological polar surface area (TPSA) is 65.0 Å². The number of benzene rings is 2. The molecule has 116 valence electrons. The Labute approximate surface area is 129 Å². The van der Waals surface area contributed by atoms with Gasteiger partial charge in [-0.1, -0.05) is 24.3 Å². The molecule has 5 heteroatoms. The minimum atomic E-state index is -1.95. The normalized spacial score (nSPS) is 10.9. The van der Waals surface area contributed by atoms with E-state index in [0.29, 0.717) is 22.6 Å². The molecular formula is C17H18O5. The molecule has 0 heterocycles. The average molecular weight is 302 g/mol. The van der Waals surface area contributed by atoms with Crippen LogP contribution in [0.5, 0.6) is 11.5 Å². The van der Waals surface area contributed by atoms with E-state index in [-0.39, 0.29) is 0 Å². The lowest BCUT2D eigenvalue weighted by atomic mass is 9.86. The summed E-state index contributed by atoms with van der Waals surface area (Å²) in [6.45, 7) is 0. The van der Waals surface area contributed by atoms with Crippen molar-refractivity contribution in [3.63, 3.8) is 0 Å². The highest BCUT2D eigenvalue weighted by molar-refractivity contribution is 5.85. The molecule has 0 amide bonds. The molecule has 0 saturated heterocycles. The Morgan fingerprint density at radius 3 is 1.73 bits per heavy atom. The standard InChI is InChI=1S/C17H18O5/c1-20-14-8-4-6-12(10-14)17(19,16(18)22-3)13-7-5-9-15(11-13)21-2/h4-11,19H,1-3H3. The van der Waals surface area contributed by atoms with Gasteiger partial charge in [-0.3, -0.25) is 0 Å². The number of carbonyl (C=O) groups is 1. The van der Waals surface area contributed by atoms with Gasteiger partial charge in [0.05, 0.1) is 21.3 Å². The SMILES string of the molecule is COC(=O)C(O)(c1cccc(OC)c1)c1cccc(OC)c1. The molecular weight excluding hydrogens is 284 g/mol. The lowest BCUT2D eigenvalue weighted by molar-refractivity contribution is -0.158. The van der Waals surface area contributed by atoms with E-state index in [9.17, 15) is 9.90 Å². The molecule has 0 atom stereocenters. The van der Waals surface area contributed by atoms with Crippen LogP contribution in [0.2, 0.25) is 0 Å². The third kappa shape index (κ3) is 2.76. The second-order valence-electron chi connectivity index (χ2n) is 4.67. The van der Waals surface area contributed by atoms with Gasteiger partial charge in [0.1, 0.15) is 11.5 Å². The summed E-state index contributed by atoms with van der Waals surface area (Å²) in [4.78, 5) is 12.3. The van der Waals surface area contributed by atoms with Crippen LogP contribution in [-0.2, 0) is 15.1 Å². The molecule has 0 spiro atoms. The van der Waals surface area contributed by atoms with Gasteiger partial charge in [-0.25, -0.2) is 4.79 Å². The molecule has 0 fully saturated rings. The molecule has 5 nitrogen and oxygen atoms in total. The Morgan fingerprint density at radius 1 is 0.909 bits per heavy atom. The van der Waals surface area contributed by atoms with Crippen LogP contribution in [0.15, 0.2) is 48.5 Å². The molecule has 0 bridgehead atoms. The summed E-state index contributed by atoms with van der Waals surface area (Å²) >= 11 is 0. The zero-order valence-corrected chi connectivity index (χ0v) is 12.7. The van der Waals surface area contributed by atoms with E-state index in [1.807, 2.05) is 0 Å². The van der Waals surface area contributed by atoms with Gasteiger partial charge in [0, 0.05) is 11.1 Å². The zero-order chi connectivity index (χ0) is 16.2. The highest BCUT2D eigenvalue weighted by atomic mass is 16.5. The van der Waals surface area contributed by atoms with Gasteiger partial charge in [0.2, 0.25) is 5.60 Å². The maximum atomic E-state index is 12.3. The van der Waals surface area contributed by atoms with Gasteiger partial charge >= 0.3 is 5.97 Å². The highest BCUT2D eigenvalue weighted by Gasteiger charge is 2.41. The summed E-state index contributed by atoms with van der Waals surface area (Å²) in [6.07, 6.45) is 0. The van der Waals surface area contributed by atoms with Crippen LogP contribution in [0.3, 0.4) is 0 Å². The Kier molecular flexibility index (Phi) is 4.68. The summed E-state index contributed by atoms with van der Waals surface area (Å²) < 4.78 is 15.1. The fraction of sp³-hybridized carbons (Fsp3) is 0.235. The van der Waals surface area contributed by atoms with Crippen molar-refractivity contribution in [2.24, 2.45) is 0 Å². The van der Waals surface area contributed by atoms with Crippen LogP contribution in [0.25, 0.3) is 0 Å². The molecule has 0 saturated carbocycles. The summed E-state index contributed by atoms with van der Waals surface area (Å²) in [5.74, 6) is 0.277. The van der Waals surface area contributed by atoms with Crippen LogP contribution in [0.4, 0.5) is 0 Å². The van der Waals surface area contributed by atoms with E-state index in [1.54, 1.807) is 48.5 Å². The van der Waals surface area contributed by atoms with Gasteiger partial charge in [-0.2, -0.15) is 0 Å². The Morgan fingerprint density at radius 2 is 1.36 bits per heavy atom. The highest BCUT2D eigenvalue weighted by Crippen LogP contribution is 2.34. The predicted molar refractivity (Wildman–Crippen MR) is 81.0 cm³/mol. The second kappa shape index (κ2) is 6.49. The fourth-order valence-electron chi connectivity index (χ4n) is 2.25. The van der Waals surface area contributed by atoms with Crippen molar-refractivity contribution in [1.29, 1.82) is 0 Å². The molecule has 0 unspecified atom stereocenters. The third-order valence-electron chi connectivity index (χ3n) is 3.46. The van der Waals surface area contributed by atoms with E-state index >= 15 is 0 Å². The van der Waals surface area contributed by atoms with Crippen molar-refractivity contribution in [1.82, 2.24) is 0 Å². The van der Waals surface area contributed by atoms with Crippen molar-refractivity contribution in [3.05, 3.63) is 59.7 Å². The Hall–Kier alpha value is -2.53. The molecule has 0 aliphatic rings. The van der Waals surface area contributed by atoms with Crippen molar-refractivity contribution < 1.29 is 24.1 Å². The monoisotopic (exact) mass is 302 g/mol. The van der Waals surface area contributed by atoms with E-state index in [1.165, 1.54) is 21.3 Å². The molecule has 0 aromatic heterocycles. The minimum Gasteiger partial charge on any atom is -0.497 e. The summed E-state index contributed by atoms with van der Waals surface area (Å²) in [5, 5.41) is 11.1. The van der Waals surface area contributed by atoms with Gasteiger partial charge in [-0.05, 0) is 24.3 Å². The number of esters is 1. The molecule has 0 aliphatic heterocycles. The van der Waals surface area contributed by atoms with Crippen molar-refractivity contribution >= 4 is 5.97 Å². The fourth-order valence-corrected chi connectivity index (χ4v) is 2.25. The molecule has 2 rings (SSSR count). The predicted octanol–water partition coefficient (Wildman–Crippen LogP) is 2.11. The van der Waals surface area contributed by atoms with E-state index < -0.39 is 11.6 Å². The molecule has 22 heavy (non-hydrogen) atoms.